The van der Waals surface area contributed by atoms with Crippen molar-refractivity contribution < 1.29 is 18.3 Å². The summed E-state index contributed by atoms with van der Waals surface area (Å²) in [4.78, 5) is 12.3. The van der Waals surface area contributed by atoms with Crippen LogP contribution in [-0.2, 0) is 4.74 Å². The second-order valence-electron chi connectivity index (χ2n) is 6.74. The normalized spacial score (nSPS) is 15.5. The molecule has 1 N–H and O–H groups in total. The first-order chi connectivity index (χ1) is 13.1. The molecule has 2 aromatic carbocycles. The third-order valence-electron chi connectivity index (χ3n) is 4.82. The number of rotatable bonds is 4. The number of hydrogen-bond donors (Lipinski definition) is 1. The summed E-state index contributed by atoms with van der Waals surface area (Å²) in [7, 11) is 0. The van der Waals surface area contributed by atoms with Gasteiger partial charge in [0.15, 0.2) is 0 Å². The second kappa shape index (κ2) is 8.79. The van der Waals surface area contributed by atoms with Gasteiger partial charge >= 0.3 is 0 Å². The average molecular weight is 369 g/mol. The number of hydrogen-bond acceptors (Lipinski definition) is 2. The highest BCUT2D eigenvalue weighted by Gasteiger charge is 2.33. The molecule has 2 aromatic rings. The lowest BCUT2D eigenvalue weighted by atomic mass is 9.81. The summed E-state index contributed by atoms with van der Waals surface area (Å²) in [6.07, 6.45) is 1.21. The van der Waals surface area contributed by atoms with E-state index in [0.717, 1.165) is 0 Å². The van der Waals surface area contributed by atoms with Crippen LogP contribution >= 0.6 is 0 Å². The number of carbonyl (C=O) groups is 1. The van der Waals surface area contributed by atoms with Crippen molar-refractivity contribution in [3.05, 3.63) is 71.0 Å². The fourth-order valence-corrected chi connectivity index (χ4v) is 2.94. The van der Waals surface area contributed by atoms with Crippen molar-refractivity contribution in [2.75, 3.05) is 26.4 Å². The van der Waals surface area contributed by atoms with Crippen molar-refractivity contribution in [3.63, 3.8) is 0 Å². The Morgan fingerprint density at radius 1 is 1.07 bits per heavy atom. The van der Waals surface area contributed by atoms with Crippen molar-refractivity contribution >= 4 is 5.91 Å². The van der Waals surface area contributed by atoms with Crippen molar-refractivity contribution in [2.45, 2.75) is 12.8 Å². The van der Waals surface area contributed by atoms with Gasteiger partial charge in [-0.3, -0.25) is 9.18 Å². The van der Waals surface area contributed by atoms with E-state index < -0.39 is 12.1 Å². The molecule has 1 amide bonds. The van der Waals surface area contributed by atoms with E-state index >= 15 is 0 Å². The van der Waals surface area contributed by atoms with E-state index in [1.165, 1.54) is 6.07 Å². The topological polar surface area (TPSA) is 38.3 Å². The third kappa shape index (κ3) is 4.93. The van der Waals surface area contributed by atoms with Crippen LogP contribution in [0.1, 0.15) is 34.3 Å². The summed E-state index contributed by atoms with van der Waals surface area (Å²) in [6, 6.07) is 13.1. The highest BCUT2D eigenvalue weighted by Crippen LogP contribution is 2.30. The van der Waals surface area contributed by atoms with Gasteiger partial charge in [-0.2, -0.15) is 0 Å². The standard InChI is InChI=1S/C22H21F2NO2/c23-15-22(11-13-27-14-12-22)16-25-21(26)19-9-6-17(7-10-19)5-8-18-3-1-2-4-20(18)24/h1-4,6-7,9-10H,11-16H2,(H,25,26). The predicted octanol–water partition coefficient (Wildman–Crippen LogP) is 3.72. The number of amides is 1. The Labute approximate surface area is 157 Å². The quantitative estimate of drug-likeness (QED) is 0.834. The summed E-state index contributed by atoms with van der Waals surface area (Å²) in [6.45, 7) is 0.867. The minimum absolute atomic E-state index is 0.247. The molecule has 0 unspecified atom stereocenters. The molecule has 1 fully saturated rings. The van der Waals surface area contributed by atoms with Crippen LogP contribution < -0.4 is 5.32 Å². The van der Waals surface area contributed by atoms with Gasteiger partial charge in [0.2, 0.25) is 0 Å². The minimum Gasteiger partial charge on any atom is -0.381 e. The Kier molecular flexibility index (Phi) is 6.20. The van der Waals surface area contributed by atoms with E-state index in [2.05, 4.69) is 17.2 Å². The fourth-order valence-electron chi connectivity index (χ4n) is 2.94. The molecule has 1 saturated heterocycles. The van der Waals surface area contributed by atoms with Gasteiger partial charge in [0.05, 0.1) is 12.2 Å². The van der Waals surface area contributed by atoms with Gasteiger partial charge in [-0.25, -0.2) is 4.39 Å². The molecule has 1 aliphatic rings. The van der Waals surface area contributed by atoms with Crippen LogP contribution in [0, 0.1) is 23.1 Å². The Morgan fingerprint density at radius 3 is 2.44 bits per heavy atom. The predicted molar refractivity (Wildman–Crippen MR) is 99.6 cm³/mol. The molecule has 1 aliphatic heterocycles. The molecule has 0 aliphatic carbocycles. The lowest BCUT2D eigenvalue weighted by molar-refractivity contribution is 0.00261. The van der Waals surface area contributed by atoms with E-state index in [1.54, 1.807) is 42.5 Å². The first-order valence-corrected chi connectivity index (χ1v) is 8.90. The maximum absolute atomic E-state index is 13.6. The number of alkyl halides is 1. The van der Waals surface area contributed by atoms with Crippen molar-refractivity contribution in [1.82, 2.24) is 5.32 Å². The zero-order valence-corrected chi connectivity index (χ0v) is 14.9. The van der Waals surface area contributed by atoms with Gasteiger partial charge in [0.25, 0.3) is 5.91 Å². The number of nitrogens with one attached hydrogen (secondary N) is 1. The van der Waals surface area contributed by atoms with E-state index in [9.17, 15) is 13.6 Å². The molecular weight excluding hydrogens is 348 g/mol. The summed E-state index contributed by atoms with van der Waals surface area (Å²) in [5, 5.41) is 2.83. The first-order valence-electron chi connectivity index (χ1n) is 8.90. The molecule has 1 heterocycles. The molecule has 0 radical (unpaired) electrons. The number of ether oxygens (including phenoxy) is 1. The molecule has 5 heteroatoms. The monoisotopic (exact) mass is 369 g/mol. The first kappa shape index (κ1) is 19.1. The maximum atomic E-state index is 13.6. The molecule has 3 nitrogen and oxygen atoms in total. The molecule has 0 aromatic heterocycles. The molecular formula is C22H21F2NO2. The lowest BCUT2D eigenvalue weighted by Gasteiger charge is -2.34. The number of carbonyl (C=O) groups excluding carboxylic acids is 1. The average Bonchev–Trinajstić information content (AvgIpc) is 2.72. The molecule has 0 saturated carbocycles. The number of benzene rings is 2. The van der Waals surface area contributed by atoms with Crippen molar-refractivity contribution in [1.29, 1.82) is 0 Å². The van der Waals surface area contributed by atoms with Gasteiger partial charge in [-0.15, -0.1) is 0 Å². The zero-order valence-electron chi connectivity index (χ0n) is 14.9. The molecule has 27 heavy (non-hydrogen) atoms. The maximum Gasteiger partial charge on any atom is 0.251 e. The zero-order chi connectivity index (χ0) is 19.1. The Morgan fingerprint density at radius 2 is 1.78 bits per heavy atom. The third-order valence-corrected chi connectivity index (χ3v) is 4.82. The molecule has 0 bridgehead atoms. The van der Waals surface area contributed by atoms with Crippen LogP contribution in [0.2, 0.25) is 0 Å². The summed E-state index contributed by atoms with van der Waals surface area (Å²) in [5.74, 6) is 5.05. The Balaban J connectivity index is 1.61. The summed E-state index contributed by atoms with van der Waals surface area (Å²) in [5.41, 5.74) is 0.957. The van der Waals surface area contributed by atoms with Crippen molar-refractivity contribution in [3.8, 4) is 11.8 Å². The van der Waals surface area contributed by atoms with Crippen LogP contribution in [0.5, 0.6) is 0 Å². The Hall–Kier alpha value is -2.71. The smallest absolute Gasteiger partial charge is 0.251 e. The lowest BCUT2D eigenvalue weighted by Crippen LogP contribution is -2.42. The van der Waals surface area contributed by atoms with Crippen LogP contribution in [0.4, 0.5) is 8.78 Å². The van der Waals surface area contributed by atoms with Gasteiger partial charge < -0.3 is 10.1 Å². The molecule has 0 atom stereocenters. The highest BCUT2D eigenvalue weighted by molar-refractivity contribution is 5.94. The van der Waals surface area contributed by atoms with E-state index in [0.29, 0.717) is 49.3 Å². The molecule has 0 spiro atoms. The SMILES string of the molecule is O=C(NCC1(CF)CCOCC1)c1ccc(C#Cc2ccccc2F)cc1. The van der Waals surface area contributed by atoms with Gasteiger partial charge in [0.1, 0.15) is 5.82 Å². The van der Waals surface area contributed by atoms with Crippen LogP contribution in [-0.4, -0.2) is 32.3 Å². The second-order valence-corrected chi connectivity index (χ2v) is 6.74. The van der Waals surface area contributed by atoms with E-state index in [4.69, 9.17) is 4.74 Å². The minimum atomic E-state index is -0.529. The van der Waals surface area contributed by atoms with E-state index in [-0.39, 0.29) is 11.7 Å². The largest absolute Gasteiger partial charge is 0.381 e. The Bertz CT molecular complexity index is 847. The van der Waals surface area contributed by atoms with E-state index in [1.807, 2.05) is 0 Å². The van der Waals surface area contributed by atoms with Crippen LogP contribution in [0.25, 0.3) is 0 Å². The fraction of sp³-hybridized carbons (Fsp3) is 0.318. The van der Waals surface area contributed by atoms with Gasteiger partial charge in [-0.1, -0.05) is 24.0 Å². The van der Waals surface area contributed by atoms with Crippen LogP contribution in [0.15, 0.2) is 48.5 Å². The molecule has 140 valence electrons. The molecule has 3 rings (SSSR count). The van der Waals surface area contributed by atoms with Crippen LogP contribution in [0.3, 0.4) is 0 Å². The van der Waals surface area contributed by atoms with Gasteiger partial charge in [0, 0.05) is 36.3 Å². The summed E-state index contributed by atoms with van der Waals surface area (Å²) < 4.78 is 32.3. The van der Waals surface area contributed by atoms with Gasteiger partial charge in [-0.05, 0) is 49.2 Å². The number of halogens is 2. The summed E-state index contributed by atoms with van der Waals surface area (Å²) >= 11 is 0. The van der Waals surface area contributed by atoms with Crippen molar-refractivity contribution in [2.24, 2.45) is 5.41 Å². The highest BCUT2D eigenvalue weighted by atomic mass is 19.1.